The average molecular weight is 206 g/mol. The van der Waals surface area contributed by atoms with Gasteiger partial charge in [0.25, 0.3) is 0 Å². The largest absolute Gasteiger partial charge is 0.358 e. The highest BCUT2D eigenvalue weighted by atomic mass is 35.5. The zero-order valence-electron chi connectivity index (χ0n) is 7.17. The van der Waals surface area contributed by atoms with Crippen LogP contribution in [-0.4, -0.2) is 22.1 Å². The Hall–Kier alpha value is -0.350. The van der Waals surface area contributed by atoms with Crippen molar-refractivity contribution in [3.8, 4) is 0 Å². The Balaban J connectivity index is 2.41. The first-order valence-corrected chi connectivity index (χ1v) is 5.20. The van der Waals surface area contributed by atoms with Gasteiger partial charge in [-0.25, -0.2) is 0 Å². The maximum atomic E-state index is 5.60. The first-order valence-electron chi connectivity index (χ1n) is 3.85. The van der Waals surface area contributed by atoms with Crippen molar-refractivity contribution in [1.29, 1.82) is 0 Å². The van der Waals surface area contributed by atoms with E-state index in [0.717, 1.165) is 16.6 Å². The Morgan fingerprint density at radius 3 is 2.83 bits per heavy atom. The van der Waals surface area contributed by atoms with Crippen LogP contribution < -0.4 is 5.32 Å². The van der Waals surface area contributed by atoms with Crippen LogP contribution in [0.15, 0.2) is 0 Å². The second kappa shape index (κ2) is 4.62. The van der Waals surface area contributed by atoms with E-state index in [1.807, 2.05) is 6.92 Å². The second-order valence-electron chi connectivity index (χ2n) is 2.65. The van der Waals surface area contributed by atoms with E-state index in [9.17, 15) is 0 Å². The molecule has 0 fully saturated rings. The summed E-state index contributed by atoms with van der Waals surface area (Å²) >= 11 is 7.16. The van der Waals surface area contributed by atoms with E-state index in [1.165, 1.54) is 0 Å². The van der Waals surface area contributed by atoms with Crippen LogP contribution in [0.4, 0.5) is 5.13 Å². The van der Waals surface area contributed by atoms with Gasteiger partial charge in [-0.2, -0.15) is 0 Å². The lowest BCUT2D eigenvalue weighted by Gasteiger charge is -2.09. The van der Waals surface area contributed by atoms with Crippen molar-refractivity contribution in [3.63, 3.8) is 0 Å². The number of aryl methyl sites for hydroxylation is 1. The SMILES string of the molecule is Cc1nnc(NC(C)CCCl)s1. The summed E-state index contributed by atoms with van der Waals surface area (Å²) in [4.78, 5) is 0. The van der Waals surface area contributed by atoms with E-state index in [-0.39, 0.29) is 0 Å². The van der Waals surface area contributed by atoms with E-state index >= 15 is 0 Å². The molecule has 1 rings (SSSR count). The van der Waals surface area contributed by atoms with Gasteiger partial charge < -0.3 is 5.32 Å². The van der Waals surface area contributed by atoms with Gasteiger partial charge in [0.2, 0.25) is 5.13 Å². The third kappa shape index (κ3) is 2.95. The van der Waals surface area contributed by atoms with Crippen molar-refractivity contribution in [2.24, 2.45) is 0 Å². The van der Waals surface area contributed by atoms with Gasteiger partial charge in [0.15, 0.2) is 0 Å². The maximum absolute atomic E-state index is 5.60. The molecule has 0 amide bonds. The number of hydrogen-bond donors (Lipinski definition) is 1. The lowest BCUT2D eigenvalue weighted by atomic mass is 10.3. The summed E-state index contributed by atoms with van der Waals surface area (Å²) in [6.45, 7) is 4.02. The molecule has 1 unspecified atom stereocenters. The minimum atomic E-state index is 0.370. The molecule has 1 N–H and O–H groups in total. The minimum Gasteiger partial charge on any atom is -0.358 e. The number of nitrogens with one attached hydrogen (secondary N) is 1. The first-order chi connectivity index (χ1) is 5.72. The molecule has 0 saturated heterocycles. The van der Waals surface area contributed by atoms with Gasteiger partial charge in [0, 0.05) is 11.9 Å². The standard InChI is InChI=1S/C7H12ClN3S/c1-5(3-4-8)9-7-11-10-6(2)12-7/h5H,3-4H2,1-2H3,(H,9,11). The topological polar surface area (TPSA) is 37.8 Å². The molecule has 0 aliphatic heterocycles. The summed E-state index contributed by atoms with van der Waals surface area (Å²) in [6.07, 6.45) is 0.945. The summed E-state index contributed by atoms with van der Waals surface area (Å²) in [5.41, 5.74) is 0. The predicted molar refractivity (Wildman–Crippen MR) is 53.1 cm³/mol. The highest BCUT2D eigenvalue weighted by molar-refractivity contribution is 7.15. The molecular weight excluding hydrogens is 194 g/mol. The molecule has 0 radical (unpaired) electrons. The van der Waals surface area contributed by atoms with Crippen LogP contribution in [0.2, 0.25) is 0 Å². The number of rotatable bonds is 4. The number of aromatic nitrogens is 2. The van der Waals surface area contributed by atoms with E-state index < -0.39 is 0 Å². The molecule has 1 aromatic rings. The van der Waals surface area contributed by atoms with Crippen LogP contribution in [-0.2, 0) is 0 Å². The summed E-state index contributed by atoms with van der Waals surface area (Å²) < 4.78 is 0. The number of alkyl halides is 1. The summed E-state index contributed by atoms with van der Waals surface area (Å²) in [5, 5.41) is 12.9. The molecule has 0 bridgehead atoms. The number of hydrogen-bond acceptors (Lipinski definition) is 4. The Morgan fingerprint density at radius 1 is 1.58 bits per heavy atom. The van der Waals surface area contributed by atoms with E-state index in [1.54, 1.807) is 11.3 Å². The smallest absolute Gasteiger partial charge is 0.205 e. The second-order valence-corrected chi connectivity index (χ2v) is 4.21. The third-order valence-corrected chi connectivity index (χ3v) is 2.43. The average Bonchev–Trinajstić information content (AvgIpc) is 2.36. The maximum Gasteiger partial charge on any atom is 0.205 e. The lowest BCUT2D eigenvalue weighted by molar-refractivity contribution is 0.764. The molecule has 3 nitrogen and oxygen atoms in total. The van der Waals surface area contributed by atoms with Gasteiger partial charge >= 0.3 is 0 Å². The molecule has 12 heavy (non-hydrogen) atoms. The van der Waals surface area contributed by atoms with Crippen molar-refractivity contribution in [2.45, 2.75) is 26.3 Å². The minimum absolute atomic E-state index is 0.370. The van der Waals surface area contributed by atoms with Crippen molar-refractivity contribution in [2.75, 3.05) is 11.2 Å². The molecule has 1 atom stereocenters. The Kier molecular flexibility index (Phi) is 3.75. The fourth-order valence-corrected chi connectivity index (χ4v) is 1.83. The number of anilines is 1. The summed E-state index contributed by atoms with van der Waals surface area (Å²) in [6, 6.07) is 0.370. The van der Waals surface area contributed by atoms with Crippen molar-refractivity contribution in [1.82, 2.24) is 10.2 Å². The van der Waals surface area contributed by atoms with Gasteiger partial charge in [0.05, 0.1) is 0 Å². The van der Waals surface area contributed by atoms with Crippen LogP contribution in [0.25, 0.3) is 0 Å². The van der Waals surface area contributed by atoms with Crippen LogP contribution in [0.3, 0.4) is 0 Å². The summed E-state index contributed by atoms with van der Waals surface area (Å²) in [5.74, 6) is 0.673. The monoisotopic (exact) mass is 205 g/mol. The fraction of sp³-hybridized carbons (Fsp3) is 0.714. The number of halogens is 1. The van der Waals surface area contributed by atoms with Gasteiger partial charge in [-0.3, -0.25) is 0 Å². The molecule has 0 aliphatic carbocycles. The van der Waals surface area contributed by atoms with Crippen LogP contribution in [0.1, 0.15) is 18.4 Å². The highest BCUT2D eigenvalue weighted by Gasteiger charge is 2.04. The fourth-order valence-electron chi connectivity index (χ4n) is 0.802. The first kappa shape index (κ1) is 9.74. The van der Waals surface area contributed by atoms with Gasteiger partial charge in [-0.15, -0.1) is 21.8 Å². The zero-order valence-corrected chi connectivity index (χ0v) is 8.74. The predicted octanol–water partition coefficient (Wildman–Crippen LogP) is 2.28. The van der Waals surface area contributed by atoms with Crippen LogP contribution >= 0.6 is 22.9 Å². The molecule has 68 valence electrons. The molecule has 1 heterocycles. The summed E-state index contributed by atoms with van der Waals surface area (Å²) in [7, 11) is 0. The molecule has 5 heteroatoms. The van der Waals surface area contributed by atoms with Crippen molar-refractivity contribution < 1.29 is 0 Å². The van der Waals surface area contributed by atoms with Crippen molar-refractivity contribution >= 4 is 28.1 Å². The lowest BCUT2D eigenvalue weighted by Crippen LogP contribution is -2.15. The molecule has 0 spiro atoms. The third-order valence-electron chi connectivity index (χ3n) is 1.44. The van der Waals surface area contributed by atoms with Gasteiger partial charge in [-0.1, -0.05) is 11.3 Å². The molecular formula is C7H12ClN3S. The molecule has 0 saturated carbocycles. The highest BCUT2D eigenvalue weighted by Crippen LogP contribution is 2.15. The van der Waals surface area contributed by atoms with Crippen LogP contribution in [0.5, 0.6) is 0 Å². The zero-order chi connectivity index (χ0) is 8.97. The van der Waals surface area contributed by atoms with E-state index in [4.69, 9.17) is 11.6 Å². The van der Waals surface area contributed by atoms with Crippen molar-refractivity contribution in [3.05, 3.63) is 5.01 Å². The Bertz CT molecular complexity index is 238. The Morgan fingerprint density at radius 2 is 2.33 bits per heavy atom. The van der Waals surface area contributed by atoms with E-state index in [2.05, 4.69) is 22.4 Å². The van der Waals surface area contributed by atoms with Gasteiger partial charge in [-0.05, 0) is 20.3 Å². The normalized spacial score (nSPS) is 12.9. The molecule has 1 aromatic heterocycles. The van der Waals surface area contributed by atoms with E-state index in [0.29, 0.717) is 11.9 Å². The van der Waals surface area contributed by atoms with Crippen LogP contribution in [0, 0.1) is 6.92 Å². The molecule has 0 aliphatic rings. The Labute approximate surface area is 81.2 Å². The van der Waals surface area contributed by atoms with Gasteiger partial charge in [0.1, 0.15) is 5.01 Å². The number of nitrogens with zero attached hydrogens (tertiary/aromatic N) is 2. The quantitative estimate of drug-likeness (QED) is 0.767. The molecule has 0 aromatic carbocycles.